The van der Waals surface area contributed by atoms with Crippen LogP contribution < -0.4 is 5.32 Å². The fourth-order valence-electron chi connectivity index (χ4n) is 3.48. The van der Waals surface area contributed by atoms with Gasteiger partial charge in [-0.2, -0.15) is 0 Å². The molecule has 1 saturated heterocycles. The number of nitrogens with zero attached hydrogens (tertiary/aromatic N) is 2. The standard InChI is InChI=1S/C19H15ClF2N4O3/c20-15-10(4-5-13-17(15)24-8-23-13)11-2-1-3-12(16(11)22)25-18(27)14-6-9(21)7-26(14)19(28)29/h1-5,8-9,14H,6-7H2,(H,23,24)(H,25,27)(H,28,29)/t9-,14+/m1/s1. The molecule has 2 heterocycles. The summed E-state index contributed by atoms with van der Waals surface area (Å²) < 4.78 is 28.7. The van der Waals surface area contributed by atoms with Gasteiger partial charge in [0.2, 0.25) is 5.91 Å². The average Bonchev–Trinajstić information content (AvgIpc) is 3.31. The lowest BCUT2D eigenvalue weighted by Crippen LogP contribution is -2.42. The number of aromatic nitrogens is 2. The third-order valence-electron chi connectivity index (χ3n) is 4.88. The van der Waals surface area contributed by atoms with E-state index in [0.717, 1.165) is 0 Å². The first-order valence-electron chi connectivity index (χ1n) is 8.71. The summed E-state index contributed by atoms with van der Waals surface area (Å²) in [4.78, 5) is 31.5. The summed E-state index contributed by atoms with van der Waals surface area (Å²) in [6.45, 7) is -0.394. The molecule has 2 amide bonds. The van der Waals surface area contributed by atoms with Crippen molar-refractivity contribution in [2.75, 3.05) is 11.9 Å². The minimum atomic E-state index is -1.45. The zero-order valence-corrected chi connectivity index (χ0v) is 15.6. The molecule has 0 unspecified atom stereocenters. The minimum absolute atomic E-state index is 0.141. The highest BCUT2D eigenvalue weighted by Crippen LogP contribution is 2.36. The number of anilines is 1. The maximum atomic E-state index is 15.1. The van der Waals surface area contributed by atoms with Gasteiger partial charge in [0.1, 0.15) is 17.7 Å². The molecule has 7 nitrogen and oxygen atoms in total. The van der Waals surface area contributed by atoms with Gasteiger partial charge in [-0.05, 0) is 12.1 Å². The molecule has 0 radical (unpaired) electrons. The van der Waals surface area contributed by atoms with E-state index in [-0.39, 0.29) is 22.7 Å². The summed E-state index contributed by atoms with van der Waals surface area (Å²) in [6.07, 6.45) is -1.65. The molecule has 29 heavy (non-hydrogen) atoms. The van der Waals surface area contributed by atoms with Crippen molar-refractivity contribution >= 4 is 40.3 Å². The zero-order valence-electron chi connectivity index (χ0n) is 14.8. The number of alkyl halides is 1. The number of hydrogen-bond acceptors (Lipinski definition) is 3. The van der Waals surface area contributed by atoms with E-state index in [1.165, 1.54) is 24.5 Å². The molecule has 1 aliphatic rings. The Hall–Kier alpha value is -3.20. The first-order valence-corrected chi connectivity index (χ1v) is 9.09. The van der Waals surface area contributed by atoms with Crippen molar-refractivity contribution in [2.24, 2.45) is 0 Å². The third-order valence-corrected chi connectivity index (χ3v) is 5.26. The largest absolute Gasteiger partial charge is 0.465 e. The SMILES string of the molecule is O=C(Nc1cccc(-c2ccc3[nH]cnc3c2Cl)c1F)[C@@H]1C[C@@H](F)CN1C(=O)O. The summed E-state index contributed by atoms with van der Waals surface area (Å²) in [5, 5.41) is 11.8. The Bertz CT molecular complexity index is 1120. The molecule has 2 atom stereocenters. The minimum Gasteiger partial charge on any atom is -0.465 e. The zero-order chi connectivity index (χ0) is 20.7. The molecule has 3 N–H and O–H groups in total. The Morgan fingerprint density at radius 1 is 1.28 bits per heavy atom. The number of H-pyrrole nitrogens is 1. The molecule has 1 aliphatic heterocycles. The van der Waals surface area contributed by atoms with Crippen LogP contribution in [0, 0.1) is 5.82 Å². The molecule has 0 aliphatic carbocycles. The van der Waals surface area contributed by atoms with Gasteiger partial charge in [0, 0.05) is 17.5 Å². The Labute approximate surface area is 168 Å². The first kappa shape index (κ1) is 19.1. The number of fused-ring (bicyclic) bond motifs is 1. The molecule has 3 aromatic rings. The molecule has 0 spiro atoms. The van der Waals surface area contributed by atoms with Crippen molar-refractivity contribution in [3.8, 4) is 11.1 Å². The maximum Gasteiger partial charge on any atom is 0.408 e. The van der Waals surface area contributed by atoms with E-state index in [9.17, 15) is 14.0 Å². The van der Waals surface area contributed by atoms with E-state index in [1.54, 1.807) is 12.1 Å². The summed E-state index contributed by atoms with van der Waals surface area (Å²) >= 11 is 6.37. The highest BCUT2D eigenvalue weighted by molar-refractivity contribution is 6.37. The second-order valence-electron chi connectivity index (χ2n) is 6.67. The second kappa shape index (κ2) is 7.32. The third kappa shape index (κ3) is 3.38. The van der Waals surface area contributed by atoms with Crippen molar-refractivity contribution in [3.05, 3.63) is 47.5 Å². The van der Waals surface area contributed by atoms with Crippen molar-refractivity contribution in [1.29, 1.82) is 0 Å². The van der Waals surface area contributed by atoms with Crippen molar-refractivity contribution in [3.63, 3.8) is 0 Å². The summed E-state index contributed by atoms with van der Waals surface area (Å²) in [5.41, 5.74) is 1.55. The average molecular weight is 421 g/mol. The van der Waals surface area contributed by atoms with E-state index >= 15 is 4.39 Å². The molecule has 10 heteroatoms. The van der Waals surface area contributed by atoms with Gasteiger partial charge in [0.05, 0.1) is 29.1 Å². The van der Waals surface area contributed by atoms with Crippen LogP contribution in [0.2, 0.25) is 5.02 Å². The van der Waals surface area contributed by atoms with Gasteiger partial charge >= 0.3 is 6.09 Å². The van der Waals surface area contributed by atoms with Gasteiger partial charge < -0.3 is 15.4 Å². The van der Waals surface area contributed by atoms with Crippen LogP contribution in [0.5, 0.6) is 0 Å². The lowest BCUT2D eigenvalue weighted by atomic mass is 10.0. The van der Waals surface area contributed by atoms with E-state index in [2.05, 4.69) is 15.3 Å². The van der Waals surface area contributed by atoms with Crippen LogP contribution in [0.1, 0.15) is 6.42 Å². The molecule has 2 aromatic carbocycles. The van der Waals surface area contributed by atoms with E-state index in [1.807, 2.05) is 0 Å². The van der Waals surface area contributed by atoms with Crippen LogP contribution in [0.3, 0.4) is 0 Å². The predicted octanol–water partition coefficient (Wildman–Crippen LogP) is 4.05. The molecule has 1 fully saturated rings. The normalized spacial score (nSPS) is 18.9. The molecular formula is C19H15ClF2N4O3. The van der Waals surface area contributed by atoms with Gasteiger partial charge in [0.15, 0.2) is 5.82 Å². The molecular weight excluding hydrogens is 406 g/mol. The predicted molar refractivity (Wildman–Crippen MR) is 103 cm³/mol. The van der Waals surface area contributed by atoms with Crippen LogP contribution in [0.25, 0.3) is 22.2 Å². The van der Waals surface area contributed by atoms with E-state index < -0.39 is 36.6 Å². The van der Waals surface area contributed by atoms with Crippen LogP contribution in [-0.2, 0) is 4.79 Å². The Morgan fingerprint density at radius 2 is 2.07 bits per heavy atom. The number of hydrogen-bond donors (Lipinski definition) is 3. The number of aromatic amines is 1. The van der Waals surface area contributed by atoms with Crippen LogP contribution in [0.15, 0.2) is 36.7 Å². The highest BCUT2D eigenvalue weighted by Gasteiger charge is 2.40. The Kier molecular flexibility index (Phi) is 4.83. The molecule has 1 aromatic heterocycles. The van der Waals surface area contributed by atoms with Crippen LogP contribution in [0.4, 0.5) is 19.3 Å². The summed E-state index contributed by atoms with van der Waals surface area (Å²) in [7, 11) is 0. The van der Waals surface area contributed by atoms with Crippen molar-refractivity contribution in [2.45, 2.75) is 18.6 Å². The number of carboxylic acid groups (broad SMARTS) is 1. The monoisotopic (exact) mass is 420 g/mol. The number of nitrogens with one attached hydrogen (secondary N) is 2. The number of carbonyl (C=O) groups is 2. The number of halogens is 3. The van der Waals surface area contributed by atoms with Gasteiger partial charge in [0.25, 0.3) is 0 Å². The Balaban J connectivity index is 1.65. The number of carbonyl (C=O) groups excluding carboxylic acids is 1. The van der Waals surface area contributed by atoms with Gasteiger partial charge in [-0.25, -0.2) is 18.6 Å². The van der Waals surface area contributed by atoms with Crippen LogP contribution >= 0.6 is 11.6 Å². The van der Waals surface area contributed by atoms with E-state index in [4.69, 9.17) is 16.7 Å². The second-order valence-corrected chi connectivity index (χ2v) is 7.04. The Morgan fingerprint density at radius 3 is 2.83 bits per heavy atom. The van der Waals surface area contributed by atoms with Crippen molar-refractivity contribution in [1.82, 2.24) is 14.9 Å². The topological polar surface area (TPSA) is 98.3 Å². The number of likely N-dealkylation sites (tertiary alicyclic amines) is 1. The smallest absolute Gasteiger partial charge is 0.408 e. The van der Waals surface area contributed by atoms with Gasteiger partial charge in [-0.3, -0.25) is 9.69 Å². The summed E-state index contributed by atoms with van der Waals surface area (Å²) in [6, 6.07) is 6.48. The van der Waals surface area contributed by atoms with Gasteiger partial charge in [-0.15, -0.1) is 0 Å². The fourth-order valence-corrected chi connectivity index (χ4v) is 3.79. The van der Waals surface area contributed by atoms with Crippen LogP contribution in [-0.4, -0.2) is 50.7 Å². The summed E-state index contributed by atoms with van der Waals surface area (Å²) in [5.74, 6) is -1.54. The number of imidazole rings is 1. The lowest BCUT2D eigenvalue weighted by molar-refractivity contribution is -0.120. The maximum absolute atomic E-state index is 15.1. The number of rotatable bonds is 3. The molecule has 0 bridgehead atoms. The molecule has 0 saturated carbocycles. The lowest BCUT2D eigenvalue weighted by Gasteiger charge is -2.20. The van der Waals surface area contributed by atoms with Gasteiger partial charge in [-0.1, -0.05) is 29.8 Å². The quantitative estimate of drug-likeness (QED) is 0.595. The van der Waals surface area contributed by atoms with Crippen molar-refractivity contribution < 1.29 is 23.5 Å². The van der Waals surface area contributed by atoms with E-state index in [0.29, 0.717) is 21.5 Å². The fraction of sp³-hybridized carbons (Fsp3) is 0.211. The first-order chi connectivity index (χ1) is 13.9. The highest BCUT2D eigenvalue weighted by atomic mass is 35.5. The number of amides is 2. The molecule has 4 rings (SSSR count). The number of benzene rings is 2. The molecule has 150 valence electrons.